The Morgan fingerprint density at radius 2 is 1.43 bits per heavy atom. The minimum absolute atomic E-state index is 0.0628. The van der Waals surface area contributed by atoms with Crippen LogP contribution in [0.15, 0.2) is 48.5 Å². The van der Waals surface area contributed by atoms with Crippen molar-refractivity contribution in [3.05, 3.63) is 69.8 Å². The third kappa shape index (κ3) is 8.93. The molecule has 2 aromatic carbocycles. The van der Waals surface area contributed by atoms with E-state index in [-0.39, 0.29) is 23.9 Å². The molecule has 44 heavy (non-hydrogen) atoms. The van der Waals surface area contributed by atoms with Gasteiger partial charge in [0.15, 0.2) is 5.71 Å². The molecule has 2 aliphatic heterocycles. The highest BCUT2D eigenvalue weighted by molar-refractivity contribution is 6.06. The minimum atomic E-state index is -0.501. The van der Waals surface area contributed by atoms with Gasteiger partial charge in [-0.25, -0.2) is 0 Å². The van der Waals surface area contributed by atoms with Gasteiger partial charge in [-0.1, -0.05) is 18.2 Å². The van der Waals surface area contributed by atoms with E-state index in [4.69, 9.17) is 23.7 Å². The number of benzene rings is 2. The predicted octanol–water partition coefficient (Wildman–Crippen LogP) is 3.32. The lowest BCUT2D eigenvalue weighted by Gasteiger charge is -2.22. The van der Waals surface area contributed by atoms with E-state index in [2.05, 4.69) is 13.8 Å². The largest absolute Gasteiger partial charge is 0.507 e. The number of fused-ring (bicyclic) bond motifs is 1. The fourth-order valence-electron chi connectivity index (χ4n) is 5.20. The molecule has 12 nitrogen and oxygen atoms in total. The summed E-state index contributed by atoms with van der Waals surface area (Å²) in [6, 6.07) is 11.8. The second-order valence-electron chi connectivity index (χ2n) is 10.9. The molecule has 4 rings (SSSR count). The van der Waals surface area contributed by atoms with Crippen molar-refractivity contribution in [3.8, 4) is 5.75 Å². The summed E-state index contributed by atoms with van der Waals surface area (Å²) in [5, 5.41) is 21.7. The van der Waals surface area contributed by atoms with Crippen molar-refractivity contribution in [2.24, 2.45) is 0 Å². The number of para-hydroxylation sites is 1. The normalized spacial score (nSPS) is 19.4. The van der Waals surface area contributed by atoms with Gasteiger partial charge in [0.1, 0.15) is 5.75 Å². The Kier molecular flexibility index (Phi) is 12.4. The van der Waals surface area contributed by atoms with Gasteiger partial charge in [-0.05, 0) is 26.0 Å². The first-order chi connectivity index (χ1) is 21.3. The number of phenolic OH excluding ortho intramolecular Hbond substituents is 1. The Bertz CT molecular complexity index is 1320. The molecule has 1 fully saturated rings. The zero-order valence-electron chi connectivity index (χ0n) is 25.4. The number of aromatic hydroxyl groups is 1. The molecule has 2 aromatic rings. The number of rotatable bonds is 5. The van der Waals surface area contributed by atoms with Crippen LogP contribution in [0.1, 0.15) is 25.0 Å². The first-order valence-electron chi connectivity index (χ1n) is 14.9. The van der Waals surface area contributed by atoms with Gasteiger partial charge in [-0.2, -0.15) is 4.58 Å². The van der Waals surface area contributed by atoms with E-state index in [0.29, 0.717) is 84.7 Å². The maximum absolute atomic E-state index is 13.8. The number of amides is 1. The molecule has 2 heterocycles. The maximum atomic E-state index is 13.8. The summed E-state index contributed by atoms with van der Waals surface area (Å²) in [6.07, 6.45) is 3.47. The molecule has 1 N–H and O–H groups in total. The van der Waals surface area contributed by atoms with Crippen LogP contribution >= 0.6 is 0 Å². The summed E-state index contributed by atoms with van der Waals surface area (Å²) in [5.41, 5.74) is 2.49. The van der Waals surface area contributed by atoms with Crippen LogP contribution in [-0.2, 0) is 33.9 Å². The Hall–Kier alpha value is -3.68. The van der Waals surface area contributed by atoms with Crippen LogP contribution in [0, 0.1) is 10.1 Å². The van der Waals surface area contributed by atoms with E-state index in [0.717, 1.165) is 17.0 Å². The molecule has 1 saturated heterocycles. The van der Waals surface area contributed by atoms with Gasteiger partial charge in [0, 0.05) is 48.5 Å². The number of carbonyl (C=O) groups excluding carboxylic acids is 1. The molecule has 0 spiro atoms. The number of hydrogen-bond acceptors (Lipinski definition) is 9. The van der Waals surface area contributed by atoms with Crippen molar-refractivity contribution in [1.29, 1.82) is 0 Å². The highest BCUT2D eigenvalue weighted by Crippen LogP contribution is 2.40. The summed E-state index contributed by atoms with van der Waals surface area (Å²) in [6.45, 7) is 9.24. The van der Waals surface area contributed by atoms with E-state index >= 15 is 0 Å². The van der Waals surface area contributed by atoms with Crippen LogP contribution < -0.4 is 0 Å². The topological polar surface area (TPSA) is 133 Å². The Morgan fingerprint density at radius 1 is 0.886 bits per heavy atom. The Morgan fingerprint density at radius 3 is 2.00 bits per heavy atom. The molecule has 0 aliphatic carbocycles. The number of carbonyl (C=O) groups is 1. The molecule has 1 amide bonds. The number of phenols is 1. The Balaban J connectivity index is 1.55. The predicted molar refractivity (Wildman–Crippen MR) is 164 cm³/mol. The number of nitro benzene ring substituents is 1. The van der Waals surface area contributed by atoms with Gasteiger partial charge in [0.2, 0.25) is 12.2 Å². The van der Waals surface area contributed by atoms with E-state index in [1.165, 1.54) is 18.2 Å². The van der Waals surface area contributed by atoms with Crippen molar-refractivity contribution in [3.63, 3.8) is 0 Å². The van der Waals surface area contributed by atoms with Crippen molar-refractivity contribution in [2.75, 3.05) is 85.7 Å². The van der Waals surface area contributed by atoms with E-state index in [1.54, 1.807) is 11.0 Å². The minimum Gasteiger partial charge on any atom is -0.507 e. The summed E-state index contributed by atoms with van der Waals surface area (Å²) in [5.74, 6) is -0.177. The van der Waals surface area contributed by atoms with Crippen molar-refractivity contribution >= 4 is 29.1 Å². The SMILES string of the molecule is CC1(C)C(/C=C/c2cc([N+](=O)[O-])ccc2O)=[N+](CC(=O)N2CCOCCOCCOCCOCCOCC2)c2ccccc21. The molecule has 0 saturated carbocycles. The van der Waals surface area contributed by atoms with E-state index < -0.39 is 10.3 Å². The van der Waals surface area contributed by atoms with Crippen LogP contribution in [0.5, 0.6) is 5.75 Å². The molecule has 0 bridgehead atoms. The lowest BCUT2D eigenvalue weighted by atomic mass is 9.81. The van der Waals surface area contributed by atoms with Crippen LogP contribution in [0.3, 0.4) is 0 Å². The number of hydrogen-bond donors (Lipinski definition) is 1. The standard InChI is InChI=1S/C32H41N3O9/c1-32(2)27-5-3-4-6-28(27)34(30(32)10-7-25-23-26(35(38)39)8-9-29(25)36)24-31(37)33-11-13-40-15-17-42-19-21-44-22-20-43-18-16-41-14-12-33/h3-10,23H,11-22,24H2,1-2H3/p+1. The first kappa shape index (κ1) is 33.2. The number of ether oxygens (including phenoxy) is 5. The van der Waals surface area contributed by atoms with Gasteiger partial charge in [0.05, 0.1) is 76.4 Å². The fourth-order valence-corrected chi connectivity index (χ4v) is 5.20. The average molecular weight is 613 g/mol. The van der Waals surface area contributed by atoms with Crippen LogP contribution in [0.2, 0.25) is 0 Å². The number of non-ortho nitro benzene ring substituents is 1. The second kappa shape index (κ2) is 16.4. The highest BCUT2D eigenvalue weighted by atomic mass is 16.6. The molecule has 0 unspecified atom stereocenters. The lowest BCUT2D eigenvalue weighted by Crippen LogP contribution is -2.41. The van der Waals surface area contributed by atoms with Crippen LogP contribution in [0.4, 0.5) is 11.4 Å². The lowest BCUT2D eigenvalue weighted by molar-refractivity contribution is -0.426. The fraction of sp³-hybridized carbons (Fsp3) is 0.500. The van der Waals surface area contributed by atoms with Crippen molar-refractivity contribution in [2.45, 2.75) is 19.3 Å². The number of nitro groups is 1. The second-order valence-corrected chi connectivity index (χ2v) is 10.9. The third-order valence-corrected chi connectivity index (χ3v) is 7.59. The number of allylic oxidation sites excluding steroid dienone is 1. The Labute approximate surface area is 257 Å². The third-order valence-electron chi connectivity index (χ3n) is 7.59. The molecule has 2 aliphatic rings. The molecule has 0 radical (unpaired) electrons. The molecule has 12 heteroatoms. The quantitative estimate of drug-likeness (QED) is 0.307. The van der Waals surface area contributed by atoms with Gasteiger partial charge >= 0.3 is 0 Å². The summed E-state index contributed by atoms with van der Waals surface area (Å²) < 4.78 is 30.0. The zero-order chi connectivity index (χ0) is 31.4. The number of nitrogens with zero attached hydrogens (tertiary/aromatic N) is 3. The van der Waals surface area contributed by atoms with Gasteiger partial charge in [-0.3, -0.25) is 14.9 Å². The molecular weight excluding hydrogens is 570 g/mol. The van der Waals surface area contributed by atoms with Crippen molar-refractivity contribution < 1.29 is 43.1 Å². The van der Waals surface area contributed by atoms with Gasteiger partial charge in [-0.15, -0.1) is 0 Å². The molecular formula is C32H42N3O9+. The van der Waals surface area contributed by atoms with Crippen molar-refractivity contribution in [1.82, 2.24) is 4.90 Å². The highest BCUT2D eigenvalue weighted by Gasteiger charge is 2.45. The molecule has 238 valence electrons. The molecule has 0 aromatic heterocycles. The monoisotopic (exact) mass is 612 g/mol. The maximum Gasteiger partial charge on any atom is 0.288 e. The van der Waals surface area contributed by atoms with Gasteiger partial charge in [0.25, 0.3) is 11.6 Å². The van der Waals surface area contributed by atoms with E-state index in [1.807, 2.05) is 34.9 Å². The smallest absolute Gasteiger partial charge is 0.288 e. The summed E-state index contributed by atoms with van der Waals surface area (Å²) in [7, 11) is 0. The van der Waals surface area contributed by atoms with Crippen LogP contribution in [-0.4, -0.2) is 117 Å². The van der Waals surface area contributed by atoms with Gasteiger partial charge < -0.3 is 33.7 Å². The summed E-state index contributed by atoms with van der Waals surface area (Å²) in [4.78, 5) is 26.4. The van der Waals surface area contributed by atoms with E-state index in [9.17, 15) is 20.0 Å². The molecule has 0 atom stereocenters. The van der Waals surface area contributed by atoms with Crippen LogP contribution in [0.25, 0.3) is 6.08 Å². The first-order valence-corrected chi connectivity index (χ1v) is 14.9. The zero-order valence-corrected chi connectivity index (χ0v) is 25.4. The summed E-state index contributed by atoms with van der Waals surface area (Å²) >= 11 is 0. The average Bonchev–Trinajstić information content (AvgIpc) is 3.21.